The van der Waals surface area contributed by atoms with Crippen LogP contribution in [0.15, 0.2) is 41.0 Å². The zero-order chi connectivity index (χ0) is 11.5. The number of para-hydroxylation sites is 1. The first-order chi connectivity index (χ1) is 7.72. The number of hydrogen-bond donors (Lipinski definition) is 1. The number of furan rings is 1. The molecule has 2 aromatic rings. The predicted molar refractivity (Wildman–Crippen MR) is 55.6 cm³/mol. The van der Waals surface area contributed by atoms with Gasteiger partial charge in [-0.3, -0.25) is 9.59 Å². The van der Waals surface area contributed by atoms with Crippen molar-refractivity contribution in [3.8, 4) is 5.75 Å². The largest absolute Gasteiger partial charge is 0.507 e. The lowest BCUT2D eigenvalue weighted by molar-refractivity contribution is 0.103. The molecule has 0 fully saturated rings. The maximum absolute atomic E-state index is 11.9. The topological polar surface area (TPSA) is 67.5 Å². The maximum atomic E-state index is 11.9. The SMILES string of the molecule is O=Cc1cc(C(=O)c2ccccc2O)co1. The van der Waals surface area contributed by atoms with Crippen LogP contribution in [0.4, 0.5) is 0 Å². The van der Waals surface area contributed by atoms with Gasteiger partial charge in [-0.15, -0.1) is 0 Å². The molecule has 0 saturated carbocycles. The molecule has 0 aliphatic carbocycles. The van der Waals surface area contributed by atoms with Gasteiger partial charge in [0.15, 0.2) is 17.8 Å². The summed E-state index contributed by atoms with van der Waals surface area (Å²) in [4.78, 5) is 22.3. The normalized spacial score (nSPS) is 10.0. The highest BCUT2D eigenvalue weighted by molar-refractivity contribution is 6.10. The molecule has 0 radical (unpaired) electrons. The average Bonchev–Trinajstić information content (AvgIpc) is 2.77. The van der Waals surface area contributed by atoms with Gasteiger partial charge in [0.25, 0.3) is 0 Å². The van der Waals surface area contributed by atoms with E-state index in [0.29, 0.717) is 6.29 Å². The lowest BCUT2D eigenvalue weighted by Crippen LogP contribution is -1.99. The van der Waals surface area contributed by atoms with Crippen molar-refractivity contribution in [2.75, 3.05) is 0 Å². The molecule has 0 atom stereocenters. The molecule has 1 aromatic carbocycles. The second-order valence-corrected chi connectivity index (χ2v) is 3.20. The molecular formula is C12H8O4. The summed E-state index contributed by atoms with van der Waals surface area (Å²) in [6.07, 6.45) is 1.71. The summed E-state index contributed by atoms with van der Waals surface area (Å²) in [5, 5.41) is 9.49. The van der Waals surface area contributed by atoms with E-state index in [4.69, 9.17) is 4.42 Å². The van der Waals surface area contributed by atoms with Gasteiger partial charge >= 0.3 is 0 Å². The van der Waals surface area contributed by atoms with Crippen molar-refractivity contribution < 1.29 is 19.1 Å². The predicted octanol–water partition coefficient (Wildman–Crippen LogP) is 2.03. The summed E-state index contributed by atoms with van der Waals surface area (Å²) in [6, 6.07) is 7.53. The molecule has 0 spiro atoms. The molecule has 80 valence electrons. The summed E-state index contributed by atoms with van der Waals surface area (Å²) >= 11 is 0. The van der Waals surface area contributed by atoms with Crippen LogP contribution in [0.2, 0.25) is 0 Å². The van der Waals surface area contributed by atoms with Crippen molar-refractivity contribution in [1.82, 2.24) is 0 Å². The van der Waals surface area contributed by atoms with Crippen LogP contribution in [0.5, 0.6) is 5.75 Å². The fourth-order valence-electron chi connectivity index (χ4n) is 1.35. The maximum Gasteiger partial charge on any atom is 0.199 e. The minimum atomic E-state index is -0.380. The molecule has 1 heterocycles. The minimum Gasteiger partial charge on any atom is -0.507 e. The fourth-order valence-corrected chi connectivity index (χ4v) is 1.35. The molecule has 0 bridgehead atoms. The van der Waals surface area contributed by atoms with E-state index in [9.17, 15) is 14.7 Å². The molecule has 4 nitrogen and oxygen atoms in total. The number of ketones is 1. The highest BCUT2D eigenvalue weighted by atomic mass is 16.3. The van der Waals surface area contributed by atoms with E-state index in [2.05, 4.69) is 0 Å². The number of carbonyl (C=O) groups is 2. The summed E-state index contributed by atoms with van der Waals surface area (Å²) in [5.41, 5.74) is 0.421. The number of aromatic hydroxyl groups is 1. The number of carbonyl (C=O) groups excluding carboxylic acids is 2. The Morgan fingerprint density at radius 2 is 2.06 bits per heavy atom. The highest BCUT2D eigenvalue weighted by Gasteiger charge is 2.15. The Balaban J connectivity index is 2.39. The number of benzene rings is 1. The van der Waals surface area contributed by atoms with E-state index in [0.717, 1.165) is 0 Å². The lowest BCUT2D eigenvalue weighted by atomic mass is 10.1. The number of phenols is 1. The Morgan fingerprint density at radius 1 is 1.31 bits per heavy atom. The van der Waals surface area contributed by atoms with Gasteiger partial charge in [0.05, 0.1) is 11.1 Å². The first-order valence-electron chi connectivity index (χ1n) is 4.59. The van der Waals surface area contributed by atoms with Gasteiger partial charge in [0, 0.05) is 0 Å². The van der Waals surface area contributed by atoms with Crippen LogP contribution in [-0.2, 0) is 0 Å². The number of rotatable bonds is 3. The van der Waals surface area contributed by atoms with Crippen LogP contribution in [0, 0.1) is 0 Å². The van der Waals surface area contributed by atoms with Crippen LogP contribution in [-0.4, -0.2) is 17.2 Å². The van der Waals surface area contributed by atoms with E-state index in [1.165, 1.54) is 24.5 Å². The van der Waals surface area contributed by atoms with Gasteiger partial charge < -0.3 is 9.52 Å². The molecule has 0 aliphatic rings. The summed E-state index contributed by atoms with van der Waals surface area (Å²) in [5.74, 6) is -0.393. The van der Waals surface area contributed by atoms with Gasteiger partial charge in [-0.2, -0.15) is 0 Å². The van der Waals surface area contributed by atoms with Crippen LogP contribution >= 0.6 is 0 Å². The van der Waals surface area contributed by atoms with Crippen molar-refractivity contribution in [3.05, 3.63) is 53.5 Å². The van der Waals surface area contributed by atoms with Crippen LogP contribution in [0.3, 0.4) is 0 Å². The fraction of sp³-hybridized carbons (Fsp3) is 0. The van der Waals surface area contributed by atoms with Crippen molar-refractivity contribution in [2.24, 2.45) is 0 Å². The standard InChI is InChI=1S/C12H8O4/c13-6-9-5-8(7-16-9)12(15)10-3-1-2-4-11(10)14/h1-7,14H. The van der Waals surface area contributed by atoms with E-state index in [1.54, 1.807) is 12.1 Å². The third kappa shape index (κ3) is 1.72. The van der Waals surface area contributed by atoms with Gasteiger partial charge in [-0.05, 0) is 18.2 Å². The number of aldehydes is 1. The minimum absolute atomic E-state index is 0.0822. The molecule has 0 aliphatic heterocycles. The molecule has 0 saturated heterocycles. The van der Waals surface area contributed by atoms with Gasteiger partial charge in [-0.1, -0.05) is 12.1 Å². The lowest BCUT2D eigenvalue weighted by Gasteiger charge is -1.99. The smallest absolute Gasteiger partial charge is 0.199 e. The molecule has 0 unspecified atom stereocenters. The van der Waals surface area contributed by atoms with E-state index < -0.39 is 0 Å². The van der Waals surface area contributed by atoms with Gasteiger partial charge in [0.1, 0.15) is 12.0 Å². The Bertz CT molecular complexity index is 539. The third-order valence-corrected chi connectivity index (χ3v) is 2.15. The highest BCUT2D eigenvalue weighted by Crippen LogP contribution is 2.20. The summed E-state index contributed by atoms with van der Waals surface area (Å²) < 4.78 is 4.83. The van der Waals surface area contributed by atoms with Crippen molar-refractivity contribution in [1.29, 1.82) is 0 Å². The first kappa shape index (κ1) is 10.2. The Kier molecular flexibility index (Phi) is 2.55. The Hall–Kier alpha value is -2.36. The second kappa shape index (κ2) is 4.02. The molecule has 1 N–H and O–H groups in total. The van der Waals surface area contributed by atoms with E-state index in [-0.39, 0.29) is 28.4 Å². The molecule has 4 heteroatoms. The monoisotopic (exact) mass is 216 g/mol. The van der Waals surface area contributed by atoms with Crippen molar-refractivity contribution >= 4 is 12.1 Å². The van der Waals surface area contributed by atoms with E-state index in [1.807, 2.05) is 0 Å². The van der Waals surface area contributed by atoms with Crippen LogP contribution < -0.4 is 0 Å². The third-order valence-electron chi connectivity index (χ3n) is 2.15. The van der Waals surface area contributed by atoms with Crippen LogP contribution in [0.25, 0.3) is 0 Å². The van der Waals surface area contributed by atoms with Crippen molar-refractivity contribution in [3.63, 3.8) is 0 Å². The zero-order valence-corrected chi connectivity index (χ0v) is 8.21. The first-order valence-corrected chi connectivity index (χ1v) is 4.59. The quantitative estimate of drug-likeness (QED) is 0.629. The molecule has 2 rings (SSSR count). The second-order valence-electron chi connectivity index (χ2n) is 3.20. The van der Waals surface area contributed by atoms with Gasteiger partial charge in [0.2, 0.25) is 0 Å². The molecule has 16 heavy (non-hydrogen) atoms. The number of phenolic OH excluding ortho intramolecular Hbond substituents is 1. The average molecular weight is 216 g/mol. The van der Waals surface area contributed by atoms with Gasteiger partial charge in [-0.25, -0.2) is 0 Å². The molecular weight excluding hydrogens is 208 g/mol. The Morgan fingerprint density at radius 3 is 2.69 bits per heavy atom. The van der Waals surface area contributed by atoms with Crippen LogP contribution in [0.1, 0.15) is 26.5 Å². The summed E-state index contributed by atoms with van der Waals surface area (Å²) in [6.45, 7) is 0. The summed E-state index contributed by atoms with van der Waals surface area (Å²) in [7, 11) is 0. The zero-order valence-electron chi connectivity index (χ0n) is 8.21. The molecule has 1 aromatic heterocycles. The molecule has 0 amide bonds. The van der Waals surface area contributed by atoms with Crippen molar-refractivity contribution in [2.45, 2.75) is 0 Å². The van der Waals surface area contributed by atoms with E-state index >= 15 is 0 Å². The number of hydrogen-bond acceptors (Lipinski definition) is 4. The Labute approximate surface area is 91.1 Å².